The predicted molar refractivity (Wildman–Crippen MR) is 128 cm³/mol. The molecule has 0 aliphatic heterocycles. The molecule has 0 aromatic heterocycles. The second kappa shape index (κ2) is 10.7. The van der Waals surface area contributed by atoms with Crippen LogP contribution in [0, 0.1) is 17.8 Å². The minimum Gasteiger partial charge on any atom is -0.464 e. The highest BCUT2D eigenvalue weighted by molar-refractivity contribution is 5.94. The lowest BCUT2D eigenvalue weighted by Gasteiger charge is -2.33. The maximum absolute atomic E-state index is 13.6. The molecule has 6 atom stereocenters. The van der Waals surface area contributed by atoms with Crippen LogP contribution in [0.1, 0.15) is 39.7 Å². The second-order valence-corrected chi connectivity index (χ2v) is 10.1. The van der Waals surface area contributed by atoms with Gasteiger partial charge >= 0.3 is 18.0 Å². The van der Waals surface area contributed by atoms with Crippen molar-refractivity contribution in [1.82, 2.24) is 10.6 Å². The van der Waals surface area contributed by atoms with E-state index in [2.05, 4.69) is 17.2 Å². The number of carbonyl (C=O) groups is 4. The Morgan fingerprint density at radius 1 is 1.22 bits per heavy atom. The van der Waals surface area contributed by atoms with Crippen LogP contribution in [0.15, 0.2) is 43.2 Å². The molecule has 0 heterocycles. The monoisotopic (exact) mass is 502 g/mol. The molecule has 2 fully saturated rings. The Kier molecular flexibility index (Phi) is 8.08. The maximum atomic E-state index is 13.6. The largest absolute Gasteiger partial charge is 0.464 e. The first-order chi connectivity index (χ1) is 16.9. The normalized spacial score (nSPS) is 27.1. The molecule has 1 aromatic rings. The average Bonchev–Trinajstić information content (AvgIpc) is 3.48. The van der Waals surface area contributed by atoms with E-state index >= 15 is 0 Å². The SMILES string of the molecule is C=COC(=O)[C@H]1[C@H]2[C@@H]1[C@@](NC(=O)C(Cc1ccccc1)NC(=O)OC(C)(C)C)(C(=O)OCC)C[C@@H]2O. The summed E-state index contributed by atoms with van der Waals surface area (Å²) in [5.41, 5.74) is -1.69. The Bertz CT molecular complexity index is 1000. The number of benzene rings is 1. The molecular formula is C26H34N2O8. The van der Waals surface area contributed by atoms with Gasteiger partial charge in [-0.25, -0.2) is 9.59 Å². The van der Waals surface area contributed by atoms with Gasteiger partial charge in [0.25, 0.3) is 0 Å². The molecule has 0 bridgehead atoms. The molecular weight excluding hydrogens is 468 g/mol. The lowest BCUT2D eigenvalue weighted by atomic mass is 9.88. The van der Waals surface area contributed by atoms with Crippen molar-refractivity contribution in [2.24, 2.45) is 17.8 Å². The third-order valence-electron chi connectivity index (χ3n) is 6.37. The van der Waals surface area contributed by atoms with E-state index in [0.717, 1.165) is 11.8 Å². The van der Waals surface area contributed by atoms with Crippen molar-refractivity contribution < 1.29 is 38.5 Å². The highest BCUT2D eigenvalue weighted by Gasteiger charge is 2.76. The van der Waals surface area contributed by atoms with Gasteiger partial charge in [0.1, 0.15) is 17.2 Å². The molecule has 2 aliphatic rings. The van der Waals surface area contributed by atoms with Gasteiger partial charge in [0.05, 0.1) is 24.9 Å². The number of amides is 2. The van der Waals surface area contributed by atoms with Gasteiger partial charge in [-0.3, -0.25) is 9.59 Å². The summed E-state index contributed by atoms with van der Waals surface area (Å²) in [5, 5.41) is 16.0. The molecule has 3 rings (SSSR count). The fourth-order valence-electron chi connectivity index (χ4n) is 5.00. The Morgan fingerprint density at radius 3 is 2.47 bits per heavy atom. The number of aliphatic hydroxyl groups excluding tert-OH is 1. The van der Waals surface area contributed by atoms with E-state index < -0.39 is 65.0 Å². The van der Waals surface area contributed by atoms with Crippen LogP contribution < -0.4 is 10.6 Å². The van der Waals surface area contributed by atoms with Crippen LogP contribution in [0.3, 0.4) is 0 Å². The van der Waals surface area contributed by atoms with Crippen molar-refractivity contribution in [3.63, 3.8) is 0 Å². The number of hydrogen-bond acceptors (Lipinski definition) is 8. The average molecular weight is 503 g/mol. The number of aliphatic hydroxyl groups is 1. The van der Waals surface area contributed by atoms with Crippen molar-refractivity contribution in [3.05, 3.63) is 48.7 Å². The van der Waals surface area contributed by atoms with Crippen molar-refractivity contribution in [2.75, 3.05) is 6.61 Å². The Labute approximate surface area is 210 Å². The molecule has 10 heteroatoms. The molecule has 10 nitrogen and oxygen atoms in total. The van der Waals surface area contributed by atoms with Crippen LogP contribution in [-0.4, -0.2) is 58.9 Å². The highest BCUT2D eigenvalue weighted by atomic mass is 16.6. The van der Waals surface area contributed by atoms with Gasteiger partial charge in [-0.05, 0) is 33.3 Å². The van der Waals surface area contributed by atoms with E-state index in [0.29, 0.717) is 0 Å². The molecule has 1 aromatic carbocycles. The quantitative estimate of drug-likeness (QED) is 0.264. The molecule has 0 spiro atoms. The summed E-state index contributed by atoms with van der Waals surface area (Å²) < 4.78 is 15.5. The maximum Gasteiger partial charge on any atom is 0.408 e. The number of hydrogen-bond donors (Lipinski definition) is 3. The summed E-state index contributed by atoms with van der Waals surface area (Å²) in [6.07, 6.45) is -0.868. The van der Waals surface area contributed by atoms with Gasteiger partial charge in [0.15, 0.2) is 0 Å². The number of fused-ring (bicyclic) bond motifs is 1. The fraction of sp³-hybridized carbons (Fsp3) is 0.538. The van der Waals surface area contributed by atoms with E-state index in [1.165, 1.54) is 0 Å². The zero-order valence-electron chi connectivity index (χ0n) is 21.0. The zero-order valence-corrected chi connectivity index (χ0v) is 21.0. The zero-order chi connectivity index (χ0) is 26.7. The minimum absolute atomic E-state index is 0.0370. The van der Waals surface area contributed by atoms with Crippen LogP contribution in [0.2, 0.25) is 0 Å². The van der Waals surface area contributed by atoms with E-state index in [1.54, 1.807) is 52.0 Å². The summed E-state index contributed by atoms with van der Waals surface area (Å²) in [5.74, 6) is -4.17. The number of esters is 2. The summed E-state index contributed by atoms with van der Waals surface area (Å²) in [6, 6.07) is 7.92. The molecule has 36 heavy (non-hydrogen) atoms. The second-order valence-electron chi connectivity index (χ2n) is 10.1. The van der Waals surface area contributed by atoms with E-state index in [-0.39, 0.29) is 19.4 Å². The van der Waals surface area contributed by atoms with Gasteiger partial charge < -0.3 is 30.0 Å². The Balaban J connectivity index is 1.89. The van der Waals surface area contributed by atoms with Crippen molar-refractivity contribution >= 4 is 23.9 Å². The van der Waals surface area contributed by atoms with Gasteiger partial charge in [-0.1, -0.05) is 36.9 Å². The van der Waals surface area contributed by atoms with Crippen LogP contribution >= 0.6 is 0 Å². The topological polar surface area (TPSA) is 140 Å². The van der Waals surface area contributed by atoms with Crippen LogP contribution in [0.4, 0.5) is 4.79 Å². The molecule has 0 saturated heterocycles. The number of rotatable bonds is 9. The smallest absolute Gasteiger partial charge is 0.408 e. The van der Waals surface area contributed by atoms with Gasteiger partial charge in [-0.15, -0.1) is 0 Å². The van der Waals surface area contributed by atoms with Crippen LogP contribution in [-0.2, 0) is 35.0 Å². The highest BCUT2D eigenvalue weighted by Crippen LogP contribution is 2.63. The number of ether oxygens (including phenoxy) is 3. The van der Waals surface area contributed by atoms with Crippen molar-refractivity contribution in [1.29, 1.82) is 0 Å². The van der Waals surface area contributed by atoms with E-state index in [4.69, 9.17) is 14.2 Å². The molecule has 196 valence electrons. The van der Waals surface area contributed by atoms with E-state index in [9.17, 15) is 24.3 Å². The van der Waals surface area contributed by atoms with E-state index in [1.807, 2.05) is 6.07 Å². The van der Waals surface area contributed by atoms with Gasteiger partial charge in [0.2, 0.25) is 5.91 Å². The molecule has 2 aliphatic carbocycles. The first-order valence-electron chi connectivity index (χ1n) is 12.0. The molecule has 2 amide bonds. The molecule has 3 N–H and O–H groups in total. The fourth-order valence-corrected chi connectivity index (χ4v) is 5.00. The predicted octanol–water partition coefficient (Wildman–Crippen LogP) is 1.85. The van der Waals surface area contributed by atoms with Crippen LogP contribution in [0.25, 0.3) is 0 Å². The third kappa shape index (κ3) is 5.87. The standard InChI is InChI=1S/C26H34N2O8/c1-6-34-22(31)19-18-17(29)14-26(20(18)19,23(32)35-7-2)28-21(30)16(13-15-11-9-8-10-12-15)27-24(33)36-25(3,4)5/h6,8-12,16-20,29H,1,7,13-14H2,2-5H3,(H,27,33)(H,28,30)/t16?,17-,18-,19-,20-,26+/m0/s1. The first kappa shape index (κ1) is 27.2. The molecule has 0 radical (unpaired) electrons. The number of nitrogens with one attached hydrogen (secondary N) is 2. The van der Waals surface area contributed by atoms with Crippen molar-refractivity contribution in [3.8, 4) is 0 Å². The third-order valence-corrected chi connectivity index (χ3v) is 6.37. The first-order valence-corrected chi connectivity index (χ1v) is 12.0. The van der Waals surface area contributed by atoms with Gasteiger partial charge in [0, 0.05) is 24.7 Å². The summed E-state index contributed by atoms with van der Waals surface area (Å²) >= 11 is 0. The lowest BCUT2D eigenvalue weighted by molar-refractivity contribution is -0.156. The lowest BCUT2D eigenvalue weighted by Crippen LogP contribution is -2.62. The summed E-state index contributed by atoms with van der Waals surface area (Å²) in [4.78, 5) is 51.7. The Hall–Kier alpha value is -3.40. The van der Waals surface area contributed by atoms with Crippen molar-refractivity contribution in [2.45, 2.75) is 63.8 Å². The minimum atomic E-state index is -1.66. The molecule has 2 saturated carbocycles. The number of carbonyl (C=O) groups excluding carboxylic acids is 4. The van der Waals surface area contributed by atoms with Gasteiger partial charge in [-0.2, -0.15) is 0 Å². The summed E-state index contributed by atoms with van der Waals surface area (Å²) in [7, 11) is 0. The summed E-state index contributed by atoms with van der Waals surface area (Å²) in [6.45, 7) is 10.1. The number of alkyl carbamates (subject to hydrolysis) is 1. The van der Waals surface area contributed by atoms with Crippen LogP contribution in [0.5, 0.6) is 0 Å². The molecule has 1 unspecified atom stereocenters. The Morgan fingerprint density at radius 2 is 1.89 bits per heavy atom.